The Kier molecular flexibility index (Phi) is 5.59. The first kappa shape index (κ1) is 21.1. The van der Waals surface area contributed by atoms with Crippen LogP contribution in [0.25, 0.3) is 0 Å². The third-order valence-electron chi connectivity index (χ3n) is 4.69. The molecule has 0 radical (unpaired) electrons. The van der Waals surface area contributed by atoms with E-state index in [0.717, 1.165) is 11.1 Å². The van der Waals surface area contributed by atoms with E-state index in [1.807, 2.05) is 39.0 Å². The topological polar surface area (TPSA) is 71.5 Å². The number of rotatable bonds is 2. The van der Waals surface area contributed by atoms with Crippen molar-refractivity contribution < 1.29 is 14.3 Å². The molecule has 1 N–H and O–H groups in total. The van der Waals surface area contributed by atoms with Crippen molar-refractivity contribution in [1.82, 2.24) is 9.88 Å². The molecule has 0 bridgehead atoms. The Hall–Kier alpha value is -2.60. The fraction of sp³-hybridized carbons (Fsp3) is 0.409. The molecular weight excluding hydrogens is 390 g/mol. The fourth-order valence-corrected chi connectivity index (χ4v) is 3.70. The SMILES string of the molecule is CC(C)(C)OC(=O)N1Cc2cc(NC(=O)c3cccnc3Cl)ccc2C(C)(C)C1. The summed E-state index contributed by atoms with van der Waals surface area (Å²) < 4.78 is 5.55. The molecule has 0 atom stereocenters. The molecule has 2 amide bonds. The lowest BCUT2D eigenvalue weighted by Crippen LogP contribution is -2.46. The molecule has 2 aromatic rings. The Morgan fingerprint density at radius 2 is 1.97 bits per heavy atom. The van der Waals surface area contributed by atoms with Crippen molar-refractivity contribution in [2.45, 2.75) is 52.2 Å². The summed E-state index contributed by atoms with van der Waals surface area (Å²) in [4.78, 5) is 30.8. The zero-order chi connectivity index (χ0) is 21.4. The first-order valence-electron chi connectivity index (χ1n) is 9.49. The number of hydrogen-bond acceptors (Lipinski definition) is 4. The number of nitrogens with one attached hydrogen (secondary N) is 1. The average Bonchev–Trinajstić information content (AvgIpc) is 2.59. The molecule has 154 valence electrons. The van der Waals surface area contributed by atoms with Gasteiger partial charge < -0.3 is 15.0 Å². The molecule has 2 heterocycles. The maximum atomic E-state index is 12.6. The Balaban J connectivity index is 1.84. The number of benzene rings is 1. The first-order valence-corrected chi connectivity index (χ1v) is 9.87. The predicted molar refractivity (Wildman–Crippen MR) is 113 cm³/mol. The maximum absolute atomic E-state index is 12.6. The standard InChI is InChI=1S/C22H26ClN3O3/c1-21(2,3)29-20(28)26-12-14-11-15(8-9-17(14)22(4,5)13-26)25-19(27)16-7-6-10-24-18(16)23/h6-11H,12-13H2,1-5H3,(H,25,27). The van der Waals surface area contributed by atoms with E-state index in [9.17, 15) is 9.59 Å². The van der Waals surface area contributed by atoms with E-state index in [1.54, 1.807) is 17.0 Å². The van der Waals surface area contributed by atoms with Gasteiger partial charge in [0.05, 0.1) is 5.56 Å². The molecule has 0 aliphatic carbocycles. The van der Waals surface area contributed by atoms with Crippen LogP contribution in [-0.2, 0) is 16.7 Å². The van der Waals surface area contributed by atoms with Crippen molar-refractivity contribution in [3.63, 3.8) is 0 Å². The van der Waals surface area contributed by atoms with Gasteiger partial charge in [0.15, 0.2) is 0 Å². The Morgan fingerprint density at radius 1 is 1.24 bits per heavy atom. The number of ether oxygens (including phenoxy) is 1. The third kappa shape index (κ3) is 4.88. The number of carbonyl (C=O) groups is 2. The van der Waals surface area contributed by atoms with E-state index >= 15 is 0 Å². The smallest absolute Gasteiger partial charge is 0.410 e. The summed E-state index contributed by atoms with van der Waals surface area (Å²) in [7, 11) is 0. The average molecular weight is 416 g/mol. The maximum Gasteiger partial charge on any atom is 0.410 e. The van der Waals surface area contributed by atoms with E-state index in [-0.39, 0.29) is 22.6 Å². The van der Waals surface area contributed by atoms with Gasteiger partial charge in [0.25, 0.3) is 5.91 Å². The highest BCUT2D eigenvalue weighted by Crippen LogP contribution is 2.35. The van der Waals surface area contributed by atoms with Crippen molar-refractivity contribution in [2.24, 2.45) is 0 Å². The molecule has 29 heavy (non-hydrogen) atoms. The summed E-state index contributed by atoms with van der Waals surface area (Å²) in [5, 5.41) is 3.01. The van der Waals surface area contributed by atoms with Gasteiger partial charge in [-0.1, -0.05) is 31.5 Å². The van der Waals surface area contributed by atoms with Crippen LogP contribution in [0.4, 0.5) is 10.5 Å². The number of halogens is 1. The minimum atomic E-state index is -0.555. The molecule has 1 aromatic carbocycles. The van der Waals surface area contributed by atoms with E-state index in [0.29, 0.717) is 24.3 Å². The highest BCUT2D eigenvalue weighted by molar-refractivity contribution is 6.33. The lowest BCUT2D eigenvalue weighted by molar-refractivity contribution is 0.0174. The number of amides is 2. The summed E-state index contributed by atoms with van der Waals surface area (Å²) in [6.07, 6.45) is 1.19. The summed E-state index contributed by atoms with van der Waals surface area (Å²) in [5.74, 6) is -0.331. The van der Waals surface area contributed by atoms with E-state index in [1.165, 1.54) is 6.20 Å². The summed E-state index contributed by atoms with van der Waals surface area (Å²) in [6.45, 7) is 10.7. The van der Waals surface area contributed by atoms with Crippen LogP contribution in [-0.4, -0.2) is 34.0 Å². The van der Waals surface area contributed by atoms with Gasteiger partial charge in [0.2, 0.25) is 0 Å². The van der Waals surface area contributed by atoms with Crippen LogP contribution in [0.2, 0.25) is 5.15 Å². The molecule has 3 rings (SSSR count). The second kappa shape index (κ2) is 7.67. The zero-order valence-corrected chi connectivity index (χ0v) is 18.1. The first-order chi connectivity index (χ1) is 13.5. The van der Waals surface area contributed by atoms with Crippen molar-refractivity contribution in [2.75, 3.05) is 11.9 Å². The number of aromatic nitrogens is 1. The van der Waals surface area contributed by atoms with Crippen LogP contribution in [0.1, 0.15) is 56.1 Å². The monoisotopic (exact) mass is 415 g/mol. The van der Waals surface area contributed by atoms with E-state index in [2.05, 4.69) is 24.1 Å². The molecule has 1 aliphatic rings. The Morgan fingerprint density at radius 3 is 2.62 bits per heavy atom. The van der Waals surface area contributed by atoms with Gasteiger partial charge in [-0.05, 0) is 56.2 Å². The second-order valence-corrected chi connectivity index (χ2v) is 9.25. The Bertz CT molecular complexity index is 951. The normalized spacial score (nSPS) is 15.4. The Labute approximate surface area is 176 Å². The predicted octanol–water partition coefficient (Wildman–Crippen LogP) is 5.02. The van der Waals surface area contributed by atoms with Crippen LogP contribution in [0.15, 0.2) is 36.5 Å². The molecule has 0 saturated carbocycles. The van der Waals surface area contributed by atoms with Crippen LogP contribution >= 0.6 is 11.6 Å². The van der Waals surface area contributed by atoms with E-state index < -0.39 is 5.60 Å². The highest BCUT2D eigenvalue weighted by Gasteiger charge is 2.35. The van der Waals surface area contributed by atoms with Gasteiger partial charge in [-0.25, -0.2) is 9.78 Å². The molecule has 0 unspecified atom stereocenters. The molecule has 1 aromatic heterocycles. The number of fused-ring (bicyclic) bond motifs is 1. The number of carbonyl (C=O) groups excluding carboxylic acids is 2. The summed E-state index contributed by atoms with van der Waals surface area (Å²) in [5.41, 5.74) is 2.27. The fourth-order valence-electron chi connectivity index (χ4n) is 3.50. The van der Waals surface area contributed by atoms with Crippen molar-refractivity contribution in [3.05, 3.63) is 58.4 Å². The summed E-state index contributed by atoms with van der Waals surface area (Å²) >= 11 is 6.01. The molecule has 0 spiro atoms. The van der Waals surface area contributed by atoms with Crippen molar-refractivity contribution in [3.8, 4) is 0 Å². The minimum absolute atomic E-state index is 0.153. The number of nitrogens with zero attached hydrogens (tertiary/aromatic N) is 2. The van der Waals surface area contributed by atoms with Gasteiger partial charge in [0, 0.05) is 30.4 Å². The van der Waals surface area contributed by atoms with Gasteiger partial charge in [-0.2, -0.15) is 0 Å². The van der Waals surface area contributed by atoms with Crippen LogP contribution < -0.4 is 5.32 Å². The lowest BCUT2D eigenvalue weighted by atomic mass is 9.78. The van der Waals surface area contributed by atoms with Crippen molar-refractivity contribution >= 4 is 29.3 Å². The van der Waals surface area contributed by atoms with Crippen LogP contribution in [0.5, 0.6) is 0 Å². The molecule has 7 heteroatoms. The molecular formula is C22H26ClN3O3. The van der Waals surface area contributed by atoms with Gasteiger partial charge in [-0.3, -0.25) is 4.79 Å². The molecule has 0 fully saturated rings. The molecule has 1 aliphatic heterocycles. The van der Waals surface area contributed by atoms with E-state index in [4.69, 9.17) is 16.3 Å². The van der Waals surface area contributed by atoms with Gasteiger partial charge in [-0.15, -0.1) is 0 Å². The number of anilines is 1. The van der Waals surface area contributed by atoms with Gasteiger partial charge in [0.1, 0.15) is 10.8 Å². The van der Waals surface area contributed by atoms with Gasteiger partial charge >= 0.3 is 6.09 Å². The highest BCUT2D eigenvalue weighted by atomic mass is 35.5. The lowest BCUT2D eigenvalue weighted by Gasteiger charge is -2.40. The van der Waals surface area contributed by atoms with Crippen LogP contribution in [0.3, 0.4) is 0 Å². The second-order valence-electron chi connectivity index (χ2n) is 8.89. The number of pyridine rings is 1. The van der Waals surface area contributed by atoms with Crippen LogP contribution in [0, 0.1) is 0 Å². The quantitative estimate of drug-likeness (QED) is 0.699. The zero-order valence-electron chi connectivity index (χ0n) is 17.4. The largest absolute Gasteiger partial charge is 0.444 e. The number of hydrogen-bond donors (Lipinski definition) is 1. The molecule has 0 saturated heterocycles. The minimum Gasteiger partial charge on any atom is -0.444 e. The third-order valence-corrected chi connectivity index (χ3v) is 5.00. The van der Waals surface area contributed by atoms with Crippen molar-refractivity contribution in [1.29, 1.82) is 0 Å². The molecule has 6 nitrogen and oxygen atoms in total. The summed E-state index contributed by atoms with van der Waals surface area (Å²) in [6, 6.07) is 9.05.